The molecule has 2 aromatic rings. The van der Waals surface area contributed by atoms with E-state index in [1.165, 1.54) is 18.2 Å². The van der Waals surface area contributed by atoms with Gasteiger partial charge in [0.15, 0.2) is 0 Å². The third-order valence-electron chi connectivity index (χ3n) is 2.52. The highest BCUT2D eigenvalue weighted by Crippen LogP contribution is 2.21. The predicted molar refractivity (Wildman–Crippen MR) is 64.8 cm³/mol. The van der Waals surface area contributed by atoms with Crippen LogP contribution in [-0.4, -0.2) is 10.2 Å². The fraction of sp³-hybridized carbons (Fsp3) is 0.143. The van der Waals surface area contributed by atoms with Crippen molar-refractivity contribution in [1.82, 2.24) is 0 Å². The average Bonchev–Trinajstić information content (AvgIpc) is 2.39. The van der Waals surface area contributed by atoms with Gasteiger partial charge in [-0.1, -0.05) is 12.1 Å². The normalized spacial score (nSPS) is 10.3. The molecule has 0 atom stereocenters. The number of aromatic hydroxyl groups is 1. The molecule has 0 amide bonds. The zero-order valence-electron chi connectivity index (χ0n) is 9.64. The Morgan fingerprint density at radius 2 is 1.78 bits per heavy atom. The summed E-state index contributed by atoms with van der Waals surface area (Å²) >= 11 is 0. The van der Waals surface area contributed by atoms with Crippen LogP contribution in [0.3, 0.4) is 0 Å². The number of ether oxygens (including phenoxy) is 1. The molecule has 0 aliphatic rings. The topological polar surface area (TPSA) is 49.7 Å². The van der Waals surface area contributed by atoms with Gasteiger partial charge in [-0.15, -0.1) is 0 Å². The Morgan fingerprint density at radius 3 is 2.44 bits per heavy atom. The van der Waals surface area contributed by atoms with Crippen LogP contribution in [0.2, 0.25) is 0 Å². The number of rotatable bonds is 4. The zero-order chi connectivity index (χ0) is 13.0. The predicted octanol–water partition coefficient (Wildman–Crippen LogP) is 2.60. The number of benzene rings is 2. The molecular weight excluding hydrogens is 235 g/mol. The van der Waals surface area contributed by atoms with Gasteiger partial charge in [0.25, 0.3) is 0 Å². The Kier molecular flexibility index (Phi) is 3.79. The van der Waals surface area contributed by atoms with Gasteiger partial charge in [-0.25, -0.2) is 4.39 Å². The van der Waals surface area contributed by atoms with Crippen molar-refractivity contribution < 1.29 is 19.3 Å². The highest BCUT2D eigenvalue weighted by Gasteiger charge is 2.05. The first-order chi connectivity index (χ1) is 8.69. The summed E-state index contributed by atoms with van der Waals surface area (Å²) in [5.74, 6) is 0.236. The summed E-state index contributed by atoms with van der Waals surface area (Å²) in [6.45, 7) is 0.0155. The van der Waals surface area contributed by atoms with Gasteiger partial charge >= 0.3 is 0 Å². The molecule has 2 aromatic carbocycles. The maximum atomic E-state index is 12.9. The lowest BCUT2D eigenvalue weighted by atomic mass is 10.2. The number of aliphatic hydroxyl groups excluding tert-OH is 1. The summed E-state index contributed by atoms with van der Waals surface area (Å²) in [6.07, 6.45) is 0. The van der Waals surface area contributed by atoms with Crippen molar-refractivity contribution in [2.24, 2.45) is 0 Å². The number of phenolic OH excluding ortho intramolecular Hbond substituents is 1. The molecule has 0 heterocycles. The molecule has 0 aromatic heterocycles. The SMILES string of the molecule is OCc1cc(F)ccc1OCc1ccc(O)cc1. The fourth-order valence-electron chi connectivity index (χ4n) is 1.57. The summed E-state index contributed by atoms with van der Waals surface area (Å²) in [7, 11) is 0. The maximum absolute atomic E-state index is 12.9. The summed E-state index contributed by atoms with van der Waals surface area (Å²) in [5, 5.41) is 18.2. The molecule has 2 N–H and O–H groups in total. The minimum Gasteiger partial charge on any atom is -0.508 e. The van der Waals surface area contributed by atoms with Crippen LogP contribution in [0.1, 0.15) is 11.1 Å². The van der Waals surface area contributed by atoms with Gasteiger partial charge in [0.05, 0.1) is 6.61 Å². The highest BCUT2D eigenvalue weighted by molar-refractivity contribution is 5.34. The second-order valence-electron chi connectivity index (χ2n) is 3.87. The Morgan fingerprint density at radius 1 is 1.06 bits per heavy atom. The number of halogens is 1. The summed E-state index contributed by atoms with van der Waals surface area (Å²) < 4.78 is 18.4. The molecule has 0 fully saturated rings. The van der Waals surface area contributed by atoms with Gasteiger partial charge in [-0.3, -0.25) is 0 Å². The fourth-order valence-corrected chi connectivity index (χ4v) is 1.57. The van der Waals surface area contributed by atoms with Gasteiger partial charge in [-0.2, -0.15) is 0 Å². The van der Waals surface area contributed by atoms with Crippen molar-refractivity contribution in [3.63, 3.8) is 0 Å². The van der Waals surface area contributed by atoms with Gasteiger partial charge in [0, 0.05) is 5.56 Å². The molecule has 0 unspecified atom stereocenters. The lowest BCUT2D eigenvalue weighted by molar-refractivity contribution is 0.258. The van der Waals surface area contributed by atoms with Crippen molar-refractivity contribution >= 4 is 0 Å². The number of hydrogen-bond acceptors (Lipinski definition) is 3. The molecule has 0 radical (unpaired) electrons. The van der Waals surface area contributed by atoms with Gasteiger partial charge in [-0.05, 0) is 35.9 Å². The monoisotopic (exact) mass is 248 g/mol. The van der Waals surface area contributed by atoms with Crippen LogP contribution in [0.5, 0.6) is 11.5 Å². The standard InChI is InChI=1S/C14H13FO3/c15-12-3-6-14(11(7-12)8-16)18-9-10-1-4-13(17)5-2-10/h1-7,16-17H,8-9H2. The zero-order valence-corrected chi connectivity index (χ0v) is 9.64. The van der Waals surface area contributed by atoms with Crippen molar-refractivity contribution in [2.75, 3.05) is 0 Å². The second-order valence-corrected chi connectivity index (χ2v) is 3.87. The van der Waals surface area contributed by atoms with E-state index in [0.717, 1.165) is 5.56 Å². The van der Waals surface area contributed by atoms with Crippen LogP contribution in [0.15, 0.2) is 42.5 Å². The van der Waals surface area contributed by atoms with E-state index in [0.29, 0.717) is 17.9 Å². The Labute approximate surface area is 104 Å². The summed E-state index contributed by atoms with van der Waals surface area (Å²) in [5.41, 5.74) is 1.29. The molecule has 94 valence electrons. The third-order valence-corrected chi connectivity index (χ3v) is 2.52. The number of hydrogen-bond donors (Lipinski definition) is 2. The van der Waals surface area contributed by atoms with Crippen LogP contribution in [0.4, 0.5) is 4.39 Å². The summed E-state index contributed by atoms with van der Waals surface area (Å²) in [6, 6.07) is 10.6. The van der Waals surface area contributed by atoms with Gasteiger partial charge in [0.1, 0.15) is 23.9 Å². The Bertz CT molecular complexity index is 523. The minimum atomic E-state index is -0.406. The van der Waals surface area contributed by atoms with E-state index in [1.807, 2.05) is 0 Å². The maximum Gasteiger partial charge on any atom is 0.125 e. The number of aliphatic hydroxyl groups is 1. The van der Waals surface area contributed by atoms with Crippen LogP contribution in [0.25, 0.3) is 0 Å². The van der Waals surface area contributed by atoms with E-state index >= 15 is 0 Å². The quantitative estimate of drug-likeness (QED) is 0.874. The lowest BCUT2D eigenvalue weighted by Gasteiger charge is -2.10. The van der Waals surface area contributed by atoms with E-state index in [9.17, 15) is 4.39 Å². The van der Waals surface area contributed by atoms with Crippen LogP contribution >= 0.6 is 0 Å². The van der Waals surface area contributed by atoms with Crippen molar-refractivity contribution in [3.8, 4) is 11.5 Å². The van der Waals surface area contributed by atoms with E-state index < -0.39 is 5.82 Å². The second kappa shape index (κ2) is 5.51. The van der Waals surface area contributed by atoms with Crippen LogP contribution < -0.4 is 4.74 Å². The molecule has 0 saturated heterocycles. The largest absolute Gasteiger partial charge is 0.508 e. The molecule has 0 aliphatic carbocycles. The minimum absolute atomic E-state index is 0.191. The first-order valence-electron chi connectivity index (χ1n) is 5.49. The molecule has 18 heavy (non-hydrogen) atoms. The molecule has 2 rings (SSSR count). The first-order valence-corrected chi connectivity index (χ1v) is 5.49. The van der Waals surface area contributed by atoms with Crippen LogP contribution in [0, 0.1) is 5.82 Å². The molecule has 0 spiro atoms. The van der Waals surface area contributed by atoms with E-state index in [2.05, 4.69) is 0 Å². The van der Waals surface area contributed by atoms with E-state index in [1.54, 1.807) is 24.3 Å². The third kappa shape index (κ3) is 2.99. The highest BCUT2D eigenvalue weighted by atomic mass is 19.1. The molecule has 0 aliphatic heterocycles. The molecule has 0 bridgehead atoms. The first kappa shape index (κ1) is 12.4. The van der Waals surface area contributed by atoms with Crippen molar-refractivity contribution in [3.05, 3.63) is 59.4 Å². The number of phenols is 1. The molecular formula is C14H13FO3. The smallest absolute Gasteiger partial charge is 0.125 e. The van der Waals surface area contributed by atoms with Gasteiger partial charge in [0.2, 0.25) is 0 Å². The Balaban J connectivity index is 2.08. The molecule has 4 heteroatoms. The Hall–Kier alpha value is -2.07. The van der Waals surface area contributed by atoms with Crippen molar-refractivity contribution in [1.29, 1.82) is 0 Å². The molecule has 0 saturated carbocycles. The summed E-state index contributed by atoms with van der Waals surface area (Å²) in [4.78, 5) is 0. The average molecular weight is 248 g/mol. The van der Waals surface area contributed by atoms with E-state index in [4.69, 9.17) is 14.9 Å². The van der Waals surface area contributed by atoms with Gasteiger partial charge < -0.3 is 14.9 Å². The lowest BCUT2D eigenvalue weighted by Crippen LogP contribution is -1.99. The molecule has 3 nitrogen and oxygen atoms in total. The van der Waals surface area contributed by atoms with Crippen molar-refractivity contribution in [2.45, 2.75) is 13.2 Å². The van der Waals surface area contributed by atoms with Crippen LogP contribution in [-0.2, 0) is 13.2 Å². The van der Waals surface area contributed by atoms with E-state index in [-0.39, 0.29) is 12.4 Å².